The minimum atomic E-state index is -0.487. The normalized spacial score (nSPS) is 11.8. The molecule has 0 saturated heterocycles. The summed E-state index contributed by atoms with van der Waals surface area (Å²) in [4.78, 5) is 11.6. The third-order valence-corrected chi connectivity index (χ3v) is 3.42. The Hall–Kier alpha value is -2.53. The van der Waals surface area contributed by atoms with E-state index in [1.807, 2.05) is 84.0 Å². The van der Waals surface area contributed by atoms with E-state index in [4.69, 9.17) is 9.47 Å². The Morgan fingerprint density at radius 1 is 1.14 bits per heavy atom. The zero-order valence-corrected chi connectivity index (χ0v) is 18.9. The molecule has 1 aromatic rings. The van der Waals surface area contributed by atoms with Crippen molar-refractivity contribution in [1.29, 1.82) is 0 Å². The lowest BCUT2D eigenvalue weighted by atomic mass is 10.2. The molecule has 0 aromatic heterocycles. The van der Waals surface area contributed by atoms with Gasteiger partial charge in [0.15, 0.2) is 0 Å². The van der Waals surface area contributed by atoms with Gasteiger partial charge in [0.05, 0.1) is 0 Å². The molecule has 2 N–H and O–H groups in total. The molecule has 162 valence electrons. The van der Waals surface area contributed by atoms with Crippen molar-refractivity contribution in [3.63, 3.8) is 0 Å². The van der Waals surface area contributed by atoms with Gasteiger partial charge in [-0.25, -0.2) is 4.79 Å². The van der Waals surface area contributed by atoms with Gasteiger partial charge in [-0.1, -0.05) is 56.8 Å². The van der Waals surface area contributed by atoms with Gasteiger partial charge in [0.2, 0.25) is 0 Å². The summed E-state index contributed by atoms with van der Waals surface area (Å²) in [5.74, 6) is 0.794. The van der Waals surface area contributed by atoms with Crippen LogP contribution >= 0.6 is 0 Å². The molecular formula is C24H38N2O3. The highest BCUT2D eigenvalue weighted by molar-refractivity contribution is 5.67. The molecule has 0 aliphatic heterocycles. The Morgan fingerprint density at radius 3 is 2.34 bits per heavy atom. The Morgan fingerprint density at radius 2 is 1.79 bits per heavy atom. The molecule has 0 heterocycles. The number of alkyl carbamates (subject to hydrolysis) is 1. The Kier molecular flexibility index (Phi) is 14.1. The van der Waals surface area contributed by atoms with Crippen molar-refractivity contribution in [3.05, 3.63) is 72.0 Å². The summed E-state index contributed by atoms with van der Waals surface area (Å²) in [5.41, 5.74) is 1.64. The summed E-state index contributed by atoms with van der Waals surface area (Å²) in [6.45, 7) is 17.6. The Bertz CT molecular complexity index is 644. The average Bonchev–Trinajstić information content (AvgIpc) is 2.70. The lowest BCUT2D eigenvalue weighted by molar-refractivity contribution is 0.0528. The number of carbonyl (C=O) groups excluding carboxylic acids is 1. The first-order valence-electron chi connectivity index (χ1n) is 10.2. The molecule has 0 bridgehead atoms. The summed E-state index contributed by atoms with van der Waals surface area (Å²) in [6, 6.07) is 10.0. The van der Waals surface area contributed by atoms with Crippen LogP contribution < -0.4 is 10.6 Å². The van der Waals surface area contributed by atoms with E-state index < -0.39 is 11.7 Å². The topological polar surface area (TPSA) is 59.6 Å². The zero-order chi connectivity index (χ0) is 22.1. The van der Waals surface area contributed by atoms with E-state index in [0.29, 0.717) is 26.2 Å². The van der Waals surface area contributed by atoms with Gasteiger partial charge in [-0.15, -0.1) is 0 Å². The SMILES string of the molecule is C=C/C(=C\C(=C/C)OCc1ccccc1)CNCCNC(=O)OC(C)(C)C.CC. The number of allylic oxidation sites excluding steroid dienone is 2. The smallest absolute Gasteiger partial charge is 0.407 e. The number of hydrogen-bond acceptors (Lipinski definition) is 4. The fourth-order valence-corrected chi connectivity index (χ4v) is 2.11. The predicted octanol–water partition coefficient (Wildman–Crippen LogP) is 5.36. The van der Waals surface area contributed by atoms with Gasteiger partial charge < -0.3 is 20.1 Å². The van der Waals surface area contributed by atoms with Crippen LogP contribution in [0.3, 0.4) is 0 Å². The van der Waals surface area contributed by atoms with Crippen LogP contribution in [0.2, 0.25) is 0 Å². The third-order valence-electron chi connectivity index (χ3n) is 3.42. The number of benzene rings is 1. The summed E-state index contributed by atoms with van der Waals surface area (Å²) in [5, 5.41) is 5.98. The first kappa shape index (κ1) is 26.5. The highest BCUT2D eigenvalue weighted by Crippen LogP contribution is 2.10. The van der Waals surface area contributed by atoms with E-state index in [1.54, 1.807) is 6.08 Å². The van der Waals surface area contributed by atoms with Crippen molar-refractivity contribution >= 4 is 6.09 Å². The molecule has 5 nitrogen and oxygen atoms in total. The van der Waals surface area contributed by atoms with Crippen molar-refractivity contribution < 1.29 is 14.3 Å². The van der Waals surface area contributed by atoms with Crippen molar-refractivity contribution in [2.75, 3.05) is 19.6 Å². The van der Waals surface area contributed by atoms with Crippen LogP contribution in [0, 0.1) is 0 Å². The van der Waals surface area contributed by atoms with E-state index >= 15 is 0 Å². The van der Waals surface area contributed by atoms with Crippen LogP contribution in [0.1, 0.15) is 47.1 Å². The van der Waals surface area contributed by atoms with Gasteiger partial charge in [-0.05, 0) is 51.0 Å². The molecule has 0 saturated carbocycles. The minimum absolute atomic E-state index is 0.408. The fraction of sp³-hybridized carbons (Fsp3) is 0.458. The third kappa shape index (κ3) is 14.2. The maximum atomic E-state index is 11.6. The first-order chi connectivity index (χ1) is 13.8. The Balaban J connectivity index is 0.00000379. The van der Waals surface area contributed by atoms with E-state index in [1.165, 1.54) is 0 Å². The van der Waals surface area contributed by atoms with Crippen molar-refractivity contribution in [2.24, 2.45) is 0 Å². The standard InChI is InChI=1S/C22H32N2O3.C2H6/c1-6-18(16-23-13-14-24-21(25)27-22(3,4)5)15-20(7-2)26-17-19-11-9-8-10-12-19;1-2/h6-12,15,23H,1,13-14,16-17H2,2-5H3,(H,24,25);1-2H3/b18-15+,20-7+;. The lowest BCUT2D eigenvalue weighted by Crippen LogP contribution is -2.36. The molecule has 0 radical (unpaired) electrons. The van der Waals surface area contributed by atoms with E-state index in [2.05, 4.69) is 17.2 Å². The summed E-state index contributed by atoms with van der Waals surface area (Å²) >= 11 is 0. The number of amides is 1. The molecule has 0 unspecified atom stereocenters. The number of ether oxygens (including phenoxy) is 2. The van der Waals surface area contributed by atoms with Crippen LogP contribution in [-0.2, 0) is 16.1 Å². The highest BCUT2D eigenvalue weighted by Gasteiger charge is 2.15. The molecule has 29 heavy (non-hydrogen) atoms. The summed E-state index contributed by atoms with van der Waals surface area (Å²) < 4.78 is 11.0. The van der Waals surface area contributed by atoms with Crippen LogP contribution in [0.5, 0.6) is 0 Å². The van der Waals surface area contributed by atoms with Gasteiger partial charge in [0.1, 0.15) is 18.0 Å². The van der Waals surface area contributed by atoms with Gasteiger partial charge >= 0.3 is 6.09 Å². The van der Waals surface area contributed by atoms with Gasteiger partial charge in [0, 0.05) is 19.6 Å². The first-order valence-corrected chi connectivity index (χ1v) is 10.2. The van der Waals surface area contributed by atoms with Crippen molar-refractivity contribution in [2.45, 2.75) is 53.8 Å². The second-order valence-corrected chi connectivity index (χ2v) is 6.99. The quantitative estimate of drug-likeness (QED) is 0.314. The molecule has 5 heteroatoms. The summed E-state index contributed by atoms with van der Waals surface area (Å²) in [7, 11) is 0. The van der Waals surface area contributed by atoms with Crippen LogP contribution in [-0.4, -0.2) is 31.3 Å². The van der Waals surface area contributed by atoms with Crippen LogP contribution in [0.15, 0.2) is 66.5 Å². The van der Waals surface area contributed by atoms with Crippen LogP contribution in [0.4, 0.5) is 4.79 Å². The lowest BCUT2D eigenvalue weighted by Gasteiger charge is -2.19. The molecule has 0 fully saturated rings. The molecule has 1 amide bonds. The fourth-order valence-electron chi connectivity index (χ4n) is 2.11. The van der Waals surface area contributed by atoms with Crippen molar-refractivity contribution in [3.8, 4) is 0 Å². The van der Waals surface area contributed by atoms with Crippen LogP contribution in [0.25, 0.3) is 0 Å². The van der Waals surface area contributed by atoms with Gasteiger partial charge in [0.25, 0.3) is 0 Å². The maximum absolute atomic E-state index is 11.6. The van der Waals surface area contributed by atoms with Gasteiger partial charge in [-0.3, -0.25) is 0 Å². The number of carbonyl (C=O) groups is 1. The van der Waals surface area contributed by atoms with Gasteiger partial charge in [-0.2, -0.15) is 0 Å². The second-order valence-electron chi connectivity index (χ2n) is 6.99. The Labute approximate surface area is 176 Å². The largest absolute Gasteiger partial charge is 0.489 e. The monoisotopic (exact) mass is 402 g/mol. The number of rotatable bonds is 10. The van der Waals surface area contributed by atoms with E-state index in [9.17, 15) is 4.79 Å². The highest BCUT2D eigenvalue weighted by atomic mass is 16.6. The minimum Gasteiger partial charge on any atom is -0.489 e. The zero-order valence-electron chi connectivity index (χ0n) is 18.9. The van der Waals surface area contributed by atoms with E-state index in [-0.39, 0.29) is 0 Å². The average molecular weight is 403 g/mol. The molecule has 1 aromatic carbocycles. The number of hydrogen-bond donors (Lipinski definition) is 2. The van der Waals surface area contributed by atoms with Crippen molar-refractivity contribution in [1.82, 2.24) is 10.6 Å². The molecule has 0 atom stereocenters. The second kappa shape index (κ2) is 15.4. The molecule has 1 rings (SSSR count). The number of nitrogens with one attached hydrogen (secondary N) is 2. The molecular weight excluding hydrogens is 364 g/mol. The maximum Gasteiger partial charge on any atom is 0.407 e. The summed E-state index contributed by atoms with van der Waals surface area (Å²) in [6.07, 6.45) is 5.28. The predicted molar refractivity (Wildman–Crippen MR) is 122 cm³/mol. The molecule has 0 aliphatic rings. The molecule has 0 spiro atoms. The molecule has 0 aliphatic carbocycles. The van der Waals surface area contributed by atoms with E-state index in [0.717, 1.165) is 16.9 Å².